The largest absolute Gasteiger partial charge is 0.493 e. The normalized spacial score (nSPS) is 14.1. The van der Waals surface area contributed by atoms with Crippen molar-refractivity contribution in [3.63, 3.8) is 0 Å². The van der Waals surface area contributed by atoms with Crippen LogP contribution >= 0.6 is 0 Å². The van der Waals surface area contributed by atoms with Crippen molar-refractivity contribution in [2.24, 2.45) is 0 Å². The molecule has 0 radical (unpaired) electrons. The predicted octanol–water partition coefficient (Wildman–Crippen LogP) is 6.26. The number of fused-ring (bicyclic) bond motifs is 1. The Balaban J connectivity index is 1.81. The summed E-state index contributed by atoms with van der Waals surface area (Å²) in [6.45, 7) is 9.01. The Morgan fingerprint density at radius 1 is 1.19 bits per heavy atom. The summed E-state index contributed by atoms with van der Waals surface area (Å²) < 4.78 is 17.8. The standard InChI is InChI=1S/C30H31NO5/c1-5-34-17-30(3,4)36-28(29(32)33)24-18(2)16-20-8-6-7-9-21(20)26(24)22-10-11-23-25-19(13-15-35-23)12-14-31-27(22)25/h6-12,14,16,28H,5,13,15,17H2,1-4H3,(H,32,33)/t28-/m0/s1. The Kier molecular flexibility index (Phi) is 6.41. The Labute approximate surface area is 210 Å². The van der Waals surface area contributed by atoms with Crippen molar-refractivity contribution in [3.8, 4) is 16.9 Å². The summed E-state index contributed by atoms with van der Waals surface area (Å²) in [6, 6.07) is 16.1. The minimum absolute atomic E-state index is 0.287. The molecule has 2 heterocycles. The third-order valence-corrected chi connectivity index (χ3v) is 6.71. The number of hydrogen-bond donors (Lipinski definition) is 1. The van der Waals surface area contributed by atoms with E-state index in [0.717, 1.165) is 50.5 Å². The fourth-order valence-corrected chi connectivity index (χ4v) is 5.17. The molecule has 0 spiro atoms. The molecule has 0 saturated carbocycles. The molecule has 0 unspecified atom stereocenters. The number of pyridine rings is 1. The van der Waals surface area contributed by atoms with Crippen molar-refractivity contribution in [2.75, 3.05) is 19.8 Å². The first-order valence-electron chi connectivity index (χ1n) is 12.3. The van der Waals surface area contributed by atoms with E-state index < -0.39 is 17.7 Å². The average molecular weight is 486 g/mol. The van der Waals surface area contributed by atoms with Gasteiger partial charge in [-0.15, -0.1) is 0 Å². The summed E-state index contributed by atoms with van der Waals surface area (Å²) in [5, 5.41) is 13.4. The molecule has 1 aliphatic rings. The summed E-state index contributed by atoms with van der Waals surface area (Å²) in [5.41, 5.74) is 4.36. The van der Waals surface area contributed by atoms with E-state index in [1.165, 1.54) is 5.56 Å². The molecule has 1 aliphatic heterocycles. The molecule has 6 nitrogen and oxygen atoms in total. The van der Waals surface area contributed by atoms with E-state index >= 15 is 0 Å². The first-order valence-corrected chi connectivity index (χ1v) is 12.3. The van der Waals surface area contributed by atoms with Crippen LogP contribution in [0.1, 0.15) is 43.6 Å². The van der Waals surface area contributed by atoms with E-state index in [2.05, 4.69) is 0 Å². The summed E-state index contributed by atoms with van der Waals surface area (Å²) >= 11 is 0. The van der Waals surface area contributed by atoms with Gasteiger partial charge in [-0.05, 0) is 73.4 Å². The van der Waals surface area contributed by atoms with Gasteiger partial charge < -0.3 is 19.3 Å². The molecule has 0 fully saturated rings. The smallest absolute Gasteiger partial charge is 0.337 e. The highest BCUT2D eigenvalue weighted by molar-refractivity contribution is 6.08. The van der Waals surface area contributed by atoms with Gasteiger partial charge in [0.2, 0.25) is 0 Å². The molecule has 0 aliphatic carbocycles. The topological polar surface area (TPSA) is 77.9 Å². The maximum absolute atomic E-state index is 12.7. The number of hydrogen-bond acceptors (Lipinski definition) is 5. The molecule has 186 valence electrons. The first-order chi connectivity index (χ1) is 17.3. The molecule has 3 aromatic carbocycles. The van der Waals surface area contributed by atoms with Crippen LogP contribution in [0.4, 0.5) is 0 Å². The molecule has 1 atom stereocenters. The molecule has 1 N–H and O–H groups in total. The molecule has 4 aromatic rings. The Hall–Kier alpha value is -3.48. The number of nitrogens with zero attached hydrogens (tertiary/aromatic N) is 1. The second-order valence-electron chi connectivity index (χ2n) is 9.84. The van der Waals surface area contributed by atoms with Gasteiger partial charge in [-0.25, -0.2) is 4.79 Å². The number of benzene rings is 3. The lowest BCUT2D eigenvalue weighted by Crippen LogP contribution is -2.35. The Morgan fingerprint density at radius 3 is 2.78 bits per heavy atom. The second kappa shape index (κ2) is 9.52. The molecule has 6 heteroatoms. The molecule has 0 bridgehead atoms. The maximum atomic E-state index is 12.7. The van der Waals surface area contributed by atoms with Gasteiger partial charge in [-0.1, -0.05) is 30.3 Å². The predicted molar refractivity (Wildman–Crippen MR) is 141 cm³/mol. The minimum atomic E-state index is -1.19. The van der Waals surface area contributed by atoms with Crippen molar-refractivity contribution >= 4 is 27.6 Å². The SMILES string of the molecule is CCOCC(C)(C)O[C@H](C(=O)O)c1c(C)cc2ccccc2c1-c1ccc2c3c(ccnc13)CCO2. The van der Waals surface area contributed by atoms with Gasteiger partial charge in [-0.2, -0.15) is 0 Å². The van der Waals surface area contributed by atoms with Gasteiger partial charge in [0.25, 0.3) is 0 Å². The first kappa shape index (κ1) is 24.2. The average Bonchev–Trinajstić information content (AvgIpc) is 2.86. The van der Waals surface area contributed by atoms with E-state index in [9.17, 15) is 9.90 Å². The minimum Gasteiger partial charge on any atom is -0.493 e. The number of carboxylic acid groups (broad SMARTS) is 1. The van der Waals surface area contributed by atoms with Gasteiger partial charge in [0.15, 0.2) is 6.10 Å². The van der Waals surface area contributed by atoms with Gasteiger partial charge in [-0.3, -0.25) is 4.98 Å². The van der Waals surface area contributed by atoms with Crippen LogP contribution in [0.15, 0.2) is 54.7 Å². The van der Waals surface area contributed by atoms with Gasteiger partial charge in [0.05, 0.1) is 24.3 Å². The van der Waals surface area contributed by atoms with E-state index in [1.807, 2.05) is 82.4 Å². The third kappa shape index (κ3) is 4.31. The van der Waals surface area contributed by atoms with Gasteiger partial charge in [0, 0.05) is 35.7 Å². The Bertz CT molecular complexity index is 1450. The summed E-state index contributed by atoms with van der Waals surface area (Å²) in [4.78, 5) is 17.5. The highest BCUT2D eigenvalue weighted by Gasteiger charge is 2.34. The van der Waals surface area contributed by atoms with Crippen LogP contribution in [0.5, 0.6) is 5.75 Å². The van der Waals surface area contributed by atoms with Crippen LogP contribution in [0.25, 0.3) is 32.8 Å². The summed E-state index contributed by atoms with van der Waals surface area (Å²) in [5.74, 6) is -0.233. The van der Waals surface area contributed by atoms with E-state index in [1.54, 1.807) is 0 Å². The number of carbonyl (C=O) groups is 1. The van der Waals surface area contributed by atoms with Crippen LogP contribution in [0, 0.1) is 6.92 Å². The molecule has 5 rings (SSSR count). The van der Waals surface area contributed by atoms with Crippen molar-refractivity contribution in [3.05, 3.63) is 71.4 Å². The number of aromatic nitrogens is 1. The summed E-state index contributed by atoms with van der Waals surface area (Å²) in [7, 11) is 0. The summed E-state index contributed by atoms with van der Waals surface area (Å²) in [6.07, 6.45) is 1.44. The lowest BCUT2D eigenvalue weighted by atomic mass is 9.85. The zero-order valence-electron chi connectivity index (χ0n) is 21.1. The quantitative estimate of drug-likeness (QED) is 0.318. The van der Waals surface area contributed by atoms with Crippen LogP contribution in [0.3, 0.4) is 0 Å². The molecule has 0 amide bonds. The number of carboxylic acids is 1. The zero-order valence-corrected chi connectivity index (χ0v) is 21.1. The zero-order chi connectivity index (χ0) is 25.4. The third-order valence-electron chi connectivity index (χ3n) is 6.71. The fourth-order valence-electron chi connectivity index (χ4n) is 5.17. The fraction of sp³-hybridized carbons (Fsp3) is 0.333. The number of rotatable bonds is 8. The highest BCUT2D eigenvalue weighted by atomic mass is 16.6. The van der Waals surface area contributed by atoms with E-state index in [0.29, 0.717) is 18.8 Å². The number of aryl methyl sites for hydroxylation is 1. The molecular weight excluding hydrogens is 454 g/mol. The molecule has 1 aromatic heterocycles. The maximum Gasteiger partial charge on any atom is 0.337 e. The van der Waals surface area contributed by atoms with Crippen molar-refractivity contribution in [2.45, 2.75) is 45.8 Å². The van der Waals surface area contributed by atoms with Crippen LogP contribution in [-0.4, -0.2) is 41.5 Å². The monoisotopic (exact) mass is 485 g/mol. The lowest BCUT2D eigenvalue weighted by molar-refractivity contribution is -0.168. The van der Waals surface area contributed by atoms with Crippen LogP contribution in [0.2, 0.25) is 0 Å². The highest BCUT2D eigenvalue weighted by Crippen LogP contribution is 2.45. The van der Waals surface area contributed by atoms with E-state index in [-0.39, 0.29) is 6.61 Å². The Morgan fingerprint density at radius 2 is 2.00 bits per heavy atom. The molecule has 36 heavy (non-hydrogen) atoms. The lowest BCUT2D eigenvalue weighted by Gasteiger charge is -2.31. The van der Waals surface area contributed by atoms with Gasteiger partial charge >= 0.3 is 5.97 Å². The van der Waals surface area contributed by atoms with Crippen molar-refractivity contribution in [1.82, 2.24) is 4.98 Å². The van der Waals surface area contributed by atoms with E-state index in [4.69, 9.17) is 19.2 Å². The molecular formula is C30H31NO5. The van der Waals surface area contributed by atoms with Crippen molar-refractivity contribution < 1.29 is 24.1 Å². The van der Waals surface area contributed by atoms with Crippen molar-refractivity contribution in [1.29, 1.82) is 0 Å². The number of ether oxygens (including phenoxy) is 3. The second-order valence-corrected chi connectivity index (χ2v) is 9.84. The van der Waals surface area contributed by atoms with Crippen LogP contribution < -0.4 is 4.74 Å². The van der Waals surface area contributed by atoms with Gasteiger partial charge in [0.1, 0.15) is 5.75 Å². The van der Waals surface area contributed by atoms with Crippen LogP contribution in [-0.2, 0) is 20.7 Å². The molecule has 0 saturated heterocycles. The number of aliphatic carboxylic acids is 1.